The molecular weight excluding hydrogens is 194 g/mol. The molecule has 0 aliphatic rings. The summed E-state index contributed by atoms with van der Waals surface area (Å²) in [6, 6.07) is 5.01. The van der Waals surface area contributed by atoms with Gasteiger partial charge < -0.3 is 15.6 Å². The molecular formula is C10H11N3O2. The fourth-order valence-corrected chi connectivity index (χ4v) is 1.38. The normalized spacial score (nSPS) is 10.2. The van der Waals surface area contributed by atoms with Crippen molar-refractivity contribution < 1.29 is 9.84 Å². The number of rotatable bonds is 2. The van der Waals surface area contributed by atoms with E-state index >= 15 is 0 Å². The number of aromatic amines is 1. The van der Waals surface area contributed by atoms with Crippen LogP contribution >= 0.6 is 0 Å². The molecule has 0 saturated carbocycles. The predicted octanol–water partition coefficient (Wildman–Crippen LogP) is 1.37. The molecule has 0 radical (unpaired) electrons. The second-order valence-corrected chi connectivity index (χ2v) is 3.08. The van der Waals surface area contributed by atoms with Crippen LogP contribution in [0.2, 0.25) is 0 Å². The van der Waals surface area contributed by atoms with Gasteiger partial charge in [-0.2, -0.15) is 5.10 Å². The maximum Gasteiger partial charge on any atom is 0.127 e. The standard InChI is InChI=1S/C10H11N3O2/c1-15-6-2-3-7(9(14)4-6)8-5-12-13-10(8)11/h2-5,14H,1H3,(H3,11,12,13). The average molecular weight is 205 g/mol. The number of methoxy groups -OCH3 is 1. The summed E-state index contributed by atoms with van der Waals surface area (Å²) in [4.78, 5) is 0. The summed E-state index contributed by atoms with van der Waals surface area (Å²) in [6.45, 7) is 0. The van der Waals surface area contributed by atoms with E-state index in [1.807, 2.05) is 0 Å². The number of hydrogen-bond donors (Lipinski definition) is 3. The molecule has 1 aromatic heterocycles. The van der Waals surface area contributed by atoms with Crippen LogP contribution in [-0.4, -0.2) is 22.4 Å². The second-order valence-electron chi connectivity index (χ2n) is 3.08. The maximum absolute atomic E-state index is 9.74. The van der Waals surface area contributed by atoms with Crippen molar-refractivity contribution in [2.45, 2.75) is 0 Å². The second kappa shape index (κ2) is 3.53. The molecule has 0 saturated heterocycles. The lowest BCUT2D eigenvalue weighted by molar-refractivity contribution is 0.408. The van der Waals surface area contributed by atoms with Crippen LogP contribution in [0.3, 0.4) is 0 Å². The van der Waals surface area contributed by atoms with Crippen molar-refractivity contribution in [2.75, 3.05) is 12.8 Å². The average Bonchev–Trinajstić information content (AvgIpc) is 2.64. The Kier molecular flexibility index (Phi) is 2.21. The first-order valence-electron chi connectivity index (χ1n) is 4.38. The number of anilines is 1. The molecule has 0 atom stereocenters. The van der Waals surface area contributed by atoms with Crippen molar-refractivity contribution in [3.63, 3.8) is 0 Å². The van der Waals surface area contributed by atoms with Gasteiger partial charge in [0.05, 0.1) is 13.3 Å². The minimum absolute atomic E-state index is 0.113. The van der Waals surface area contributed by atoms with Gasteiger partial charge in [0.25, 0.3) is 0 Å². The summed E-state index contributed by atoms with van der Waals surface area (Å²) in [5.41, 5.74) is 6.95. The van der Waals surface area contributed by atoms with Crippen LogP contribution in [0.15, 0.2) is 24.4 Å². The summed E-state index contributed by atoms with van der Waals surface area (Å²) in [5.74, 6) is 1.14. The molecule has 2 rings (SSSR count). The zero-order chi connectivity index (χ0) is 10.8. The van der Waals surface area contributed by atoms with Crippen LogP contribution in [0.1, 0.15) is 0 Å². The minimum Gasteiger partial charge on any atom is -0.507 e. The number of aromatic hydroxyl groups is 1. The number of ether oxygens (including phenoxy) is 1. The van der Waals surface area contributed by atoms with Crippen LogP contribution < -0.4 is 10.5 Å². The lowest BCUT2D eigenvalue weighted by Gasteiger charge is -2.05. The number of nitrogen functional groups attached to an aromatic ring is 1. The zero-order valence-corrected chi connectivity index (χ0v) is 8.19. The lowest BCUT2D eigenvalue weighted by atomic mass is 10.1. The van der Waals surface area contributed by atoms with E-state index in [1.165, 1.54) is 6.07 Å². The third kappa shape index (κ3) is 1.59. The van der Waals surface area contributed by atoms with Crippen molar-refractivity contribution in [1.82, 2.24) is 10.2 Å². The Labute approximate surface area is 86.5 Å². The van der Waals surface area contributed by atoms with Gasteiger partial charge >= 0.3 is 0 Å². The molecule has 15 heavy (non-hydrogen) atoms. The first-order valence-corrected chi connectivity index (χ1v) is 4.38. The Bertz CT molecular complexity index is 479. The first-order chi connectivity index (χ1) is 7.22. The van der Waals surface area contributed by atoms with Crippen LogP contribution in [0.4, 0.5) is 5.82 Å². The summed E-state index contributed by atoms with van der Waals surface area (Å²) >= 11 is 0. The lowest BCUT2D eigenvalue weighted by Crippen LogP contribution is -1.88. The highest BCUT2D eigenvalue weighted by Gasteiger charge is 2.09. The largest absolute Gasteiger partial charge is 0.507 e. The van der Waals surface area contributed by atoms with Gasteiger partial charge in [0.15, 0.2) is 0 Å². The number of H-pyrrole nitrogens is 1. The van der Waals surface area contributed by atoms with Crippen molar-refractivity contribution in [2.24, 2.45) is 0 Å². The van der Waals surface area contributed by atoms with Gasteiger partial charge in [-0.25, -0.2) is 0 Å². The molecule has 5 nitrogen and oxygen atoms in total. The Balaban J connectivity index is 2.50. The Morgan fingerprint density at radius 1 is 1.40 bits per heavy atom. The number of phenolic OH excluding ortho intramolecular Hbond substituents is 1. The molecule has 5 heteroatoms. The summed E-state index contributed by atoms with van der Waals surface area (Å²) in [5, 5.41) is 16.1. The van der Waals surface area contributed by atoms with E-state index in [2.05, 4.69) is 10.2 Å². The van der Waals surface area contributed by atoms with Gasteiger partial charge in [-0.05, 0) is 12.1 Å². The van der Waals surface area contributed by atoms with E-state index in [-0.39, 0.29) is 5.75 Å². The number of phenols is 1. The summed E-state index contributed by atoms with van der Waals surface area (Å²) in [7, 11) is 1.54. The summed E-state index contributed by atoms with van der Waals surface area (Å²) < 4.78 is 4.98. The van der Waals surface area contributed by atoms with Gasteiger partial charge in [-0.1, -0.05) is 0 Å². The molecule has 0 spiro atoms. The molecule has 78 valence electrons. The van der Waals surface area contributed by atoms with Crippen molar-refractivity contribution in [3.05, 3.63) is 24.4 Å². The number of nitrogens with zero attached hydrogens (tertiary/aromatic N) is 1. The third-order valence-electron chi connectivity index (χ3n) is 2.16. The SMILES string of the molecule is COc1ccc(-c2cn[nH]c2N)c(O)c1. The quantitative estimate of drug-likeness (QED) is 0.691. The highest BCUT2D eigenvalue weighted by molar-refractivity contribution is 5.78. The van der Waals surface area contributed by atoms with Crippen LogP contribution in [-0.2, 0) is 0 Å². The molecule has 1 heterocycles. The van der Waals surface area contributed by atoms with Gasteiger partial charge in [0, 0.05) is 17.2 Å². The minimum atomic E-state index is 0.113. The van der Waals surface area contributed by atoms with Crippen LogP contribution in [0.5, 0.6) is 11.5 Å². The number of hydrogen-bond acceptors (Lipinski definition) is 4. The molecule has 0 fully saturated rings. The smallest absolute Gasteiger partial charge is 0.127 e. The van der Waals surface area contributed by atoms with Gasteiger partial charge in [0.1, 0.15) is 17.3 Å². The molecule has 0 aliphatic carbocycles. The van der Waals surface area contributed by atoms with E-state index in [9.17, 15) is 5.11 Å². The zero-order valence-electron chi connectivity index (χ0n) is 8.19. The highest BCUT2D eigenvalue weighted by atomic mass is 16.5. The topological polar surface area (TPSA) is 84.2 Å². The molecule has 0 bridgehead atoms. The Morgan fingerprint density at radius 3 is 2.73 bits per heavy atom. The number of nitrogens with one attached hydrogen (secondary N) is 1. The maximum atomic E-state index is 9.74. The number of aromatic nitrogens is 2. The van der Waals surface area contributed by atoms with E-state index < -0.39 is 0 Å². The van der Waals surface area contributed by atoms with Crippen molar-refractivity contribution in [1.29, 1.82) is 0 Å². The van der Waals surface area contributed by atoms with Gasteiger partial charge in [-0.3, -0.25) is 5.10 Å². The molecule has 0 unspecified atom stereocenters. The third-order valence-corrected chi connectivity index (χ3v) is 2.16. The summed E-state index contributed by atoms with van der Waals surface area (Å²) in [6.07, 6.45) is 1.57. The van der Waals surface area contributed by atoms with Gasteiger partial charge in [0.2, 0.25) is 0 Å². The van der Waals surface area contributed by atoms with Crippen molar-refractivity contribution in [3.8, 4) is 22.6 Å². The Morgan fingerprint density at radius 2 is 2.20 bits per heavy atom. The molecule has 1 aromatic carbocycles. The number of nitrogens with two attached hydrogens (primary N) is 1. The molecule has 4 N–H and O–H groups in total. The first kappa shape index (κ1) is 9.39. The Hall–Kier alpha value is -2.17. The fraction of sp³-hybridized carbons (Fsp3) is 0.100. The van der Waals surface area contributed by atoms with E-state index in [0.29, 0.717) is 22.7 Å². The van der Waals surface area contributed by atoms with E-state index in [1.54, 1.807) is 25.4 Å². The van der Waals surface area contributed by atoms with E-state index in [4.69, 9.17) is 10.5 Å². The molecule has 0 aliphatic heterocycles. The van der Waals surface area contributed by atoms with Gasteiger partial charge in [-0.15, -0.1) is 0 Å². The van der Waals surface area contributed by atoms with Crippen molar-refractivity contribution >= 4 is 5.82 Å². The highest BCUT2D eigenvalue weighted by Crippen LogP contribution is 2.34. The van der Waals surface area contributed by atoms with Crippen LogP contribution in [0.25, 0.3) is 11.1 Å². The predicted molar refractivity (Wildman–Crippen MR) is 56.7 cm³/mol. The number of benzene rings is 1. The fourth-order valence-electron chi connectivity index (χ4n) is 1.38. The molecule has 2 aromatic rings. The monoisotopic (exact) mass is 205 g/mol. The molecule has 0 amide bonds. The van der Waals surface area contributed by atoms with E-state index in [0.717, 1.165) is 0 Å². The van der Waals surface area contributed by atoms with Crippen LogP contribution in [0, 0.1) is 0 Å².